The molecule has 0 N–H and O–H groups in total. The number of halogens is 1. The van der Waals surface area contributed by atoms with E-state index < -0.39 is 0 Å². The molecule has 4 nitrogen and oxygen atoms in total. The summed E-state index contributed by atoms with van der Waals surface area (Å²) in [6.45, 7) is 0.572. The highest BCUT2D eigenvalue weighted by atomic mass is 79.9. The van der Waals surface area contributed by atoms with Crippen LogP contribution in [0.3, 0.4) is 0 Å². The zero-order valence-electron chi connectivity index (χ0n) is 17.3. The summed E-state index contributed by atoms with van der Waals surface area (Å²) in [7, 11) is 1.82. The first-order chi connectivity index (χ1) is 15.1. The third-order valence-electron chi connectivity index (χ3n) is 5.07. The highest BCUT2D eigenvalue weighted by Gasteiger charge is 2.18. The van der Waals surface area contributed by atoms with Crippen LogP contribution in [-0.4, -0.2) is 22.8 Å². The van der Waals surface area contributed by atoms with E-state index in [1.165, 1.54) is 0 Å². The van der Waals surface area contributed by atoms with Crippen molar-refractivity contribution in [3.05, 3.63) is 101 Å². The van der Waals surface area contributed by atoms with Gasteiger partial charge in [-0.25, -0.2) is 4.98 Å². The zero-order chi connectivity index (χ0) is 21.6. The predicted octanol–water partition coefficient (Wildman–Crippen LogP) is 6.36. The highest BCUT2D eigenvalue weighted by Crippen LogP contribution is 2.32. The fraction of sp³-hybridized carbons (Fsp3) is 0.154. The Balaban J connectivity index is 1.49. The summed E-state index contributed by atoms with van der Waals surface area (Å²) in [6.07, 6.45) is 0.798. The molecule has 0 aliphatic rings. The number of amides is 1. The SMILES string of the molecule is CN(Cc1ccc(Br)cc1)C(=O)CCc1nc(-c2ccccc2)c(-c2ccccc2)o1. The Bertz CT molecular complexity index is 1080. The number of hydrogen-bond acceptors (Lipinski definition) is 3. The summed E-state index contributed by atoms with van der Waals surface area (Å²) in [5.41, 5.74) is 3.86. The molecule has 0 saturated heterocycles. The van der Waals surface area contributed by atoms with Gasteiger partial charge in [-0.1, -0.05) is 88.7 Å². The second kappa shape index (κ2) is 9.75. The van der Waals surface area contributed by atoms with Crippen LogP contribution in [0.25, 0.3) is 22.6 Å². The number of aryl methyl sites for hydroxylation is 1. The van der Waals surface area contributed by atoms with Gasteiger partial charge in [-0.2, -0.15) is 0 Å². The Hall–Kier alpha value is -3.18. The van der Waals surface area contributed by atoms with Gasteiger partial charge in [-0.05, 0) is 17.7 Å². The summed E-state index contributed by atoms with van der Waals surface area (Å²) in [4.78, 5) is 19.1. The van der Waals surface area contributed by atoms with Crippen molar-refractivity contribution in [2.75, 3.05) is 7.05 Å². The molecule has 156 valence electrons. The van der Waals surface area contributed by atoms with Gasteiger partial charge in [0.15, 0.2) is 11.7 Å². The van der Waals surface area contributed by atoms with Gasteiger partial charge in [0.25, 0.3) is 0 Å². The number of rotatable bonds is 7. The molecule has 0 atom stereocenters. The first-order valence-corrected chi connectivity index (χ1v) is 11.0. The quantitative estimate of drug-likeness (QED) is 0.312. The van der Waals surface area contributed by atoms with Crippen molar-refractivity contribution in [1.29, 1.82) is 0 Å². The Morgan fingerprint density at radius 3 is 2.16 bits per heavy atom. The molecule has 0 radical (unpaired) electrons. The minimum absolute atomic E-state index is 0.0589. The molecule has 1 heterocycles. The van der Waals surface area contributed by atoms with E-state index in [9.17, 15) is 4.79 Å². The fourth-order valence-electron chi connectivity index (χ4n) is 3.40. The van der Waals surface area contributed by atoms with Crippen molar-refractivity contribution >= 4 is 21.8 Å². The van der Waals surface area contributed by atoms with E-state index in [2.05, 4.69) is 15.9 Å². The molecule has 0 bridgehead atoms. The summed E-state index contributed by atoms with van der Waals surface area (Å²) in [5.74, 6) is 1.37. The third kappa shape index (κ3) is 5.30. The van der Waals surface area contributed by atoms with Gasteiger partial charge < -0.3 is 9.32 Å². The van der Waals surface area contributed by atoms with Gasteiger partial charge >= 0.3 is 0 Å². The lowest BCUT2D eigenvalue weighted by molar-refractivity contribution is -0.130. The van der Waals surface area contributed by atoms with Crippen molar-refractivity contribution in [3.63, 3.8) is 0 Å². The van der Waals surface area contributed by atoms with Crippen LogP contribution in [-0.2, 0) is 17.8 Å². The Morgan fingerprint density at radius 1 is 0.903 bits per heavy atom. The number of nitrogens with zero attached hydrogens (tertiary/aromatic N) is 2. The van der Waals surface area contributed by atoms with Crippen molar-refractivity contribution in [3.8, 4) is 22.6 Å². The molecule has 31 heavy (non-hydrogen) atoms. The Morgan fingerprint density at radius 2 is 1.52 bits per heavy atom. The van der Waals surface area contributed by atoms with Crippen LogP contribution < -0.4 is 0 Å². The standard InChI is InChI=1S/C26H23BrN2O2/c1-29(18-19-12-14-22(27)15-13-19)24(30)17-16-23-28-25(20-8-4-2-5-9-20)26(31-23)21-10-6-3-7-11-21/h2-15H,16-18H2,1H3. The summed E-state index contributed by atoms with van der Waals surface area (Å²) in [6, 6.07) is 27.9. The van der Waals surface area contributed by atoms with E-state index in [1.807, 2.05) is 92.0 Å². The molecule has 1 aromatic heterocycles. The second-order valence-electron chi connectivity index (χ2n) is 7.39. The van der Waals surface area contributed by atoms with E-state index in [0.29, 0.717) is 25.3 Å². The van der Waals surface area contributed by atoms with E-state index >= 15 is 0 Å². The molecular weight excluding hydrogens is 452 g/mol. The minimum Gasteiger partial charge on any atom is -0.440 e. The highest BCUT2D eigenvalue weighted by molar-refractivity contribution is 9.10. The van der Waals surface area contributed by atoms with E-state index in [-0.39, 0.29) is 5.91 Å². The predicted molar refractivity (Wildman–Crippen MR) is 126 cm³/mol. The molecule has 0 saturated carbocycles. The van der Waals surface area contributed by atoms with Crippen LogP contribution in [0.15, 0.2) is 93.8 Å². The van der Waals surface area contributed by atoms with Gasteiger partial charge in [0.2, 0.25) is 5.91 Å². The van der Waals surface area contributed by atoms with Crippen LogP contribution in [0.5, 0.6) is 0 Å². The molecule has 1 amide bonds. The molecule has 5 heteroatoms. The van der Waals surface area contributed by atoms with Gasteiger partial charge in [-0.15, -0.1) is 0 Å². The normalized spacial score (nSPS) is 10.8. The van der Waals surface area contributed by atoms with Crippen molar-refractivity contribution < 1.29 is 9.21 Å². The van der Waals surface area contributed by atoms with Crippen LogP contribution >= 0.6 is 15.9 Å². The maximum atomic E-state index is 12.7. The van der Waals surface area contributed by atoms with Gasteiger partial charge in [-0.3, -0.25) is 4.79 Å². The minimum atomic E-state index is 0.0589. The lowest BCUT2D eigenvalue weighted by Crippen LogP contribution is -2.26. The summed E-state index contributed by atoms with van der Waals surface area (Å²) in [5, 5.41) is 0. The number of hydrogen-bond donors (Lipinski definition) is 0. The number of aromatic nitrogens is 1. The number of carbonyl (C=O) groups excluding carboxylic acids is 1. The van der Waals surface area contributed by atoms with Gasteiger partial charge in [0.1, 0.15) is 5.69 Å². The molecule has 0 spiro atoms. The Labute approximate surface area is 190 Å². The molecule has 4 rings (SSSR count). The molecule has 0 unspecified atom stereocenters. The average molecular weight is 475 g/mol. The van der Waals surface area contributed by atoms with Crippen LogP contribution in [0.2, 0.25) is 0 Å². The molecule has 0 aliphatic heterocycles. The first kappa shape index (κ1) is 21.1. The van der Waals surface area contributed by atoms with Crippen molar-refractivity contribution in [1.82, 2.24) is 9.88 Å². The average Bonchev–Trinajstić information content (AvgIpc) is 3.24. The molecular formula is C26H23BrN2O2. The first-order valence-electron chi connectivity index (χ1n) is 10.2. The molecule has 0 aliphatic carbocycles. The zero-order valence-corrected chi connectivity index (χ0v) is 18.9. The number of carbonyl (C=O) groups is 1. The van der Waals surface area contributed by atoms with Gasteiger partial charge in [0, 0.05) is 42.0 Å². The lowest BCUT2D eigenvalue weighted by atomic mass is 10.1. The largest absolute Gasteiger partial charge is 0.440 e. The number of oxazole rings is 1. The van der Waals surface area contributed by atoms with E-state index in [4.69, 9.17) is 9.40 Å². The smallest absolute Gasteiger partial charge is 0.223 e. The van der Waals surface area contributed by atoms with Crippen molar-refractivity contribution in [2.24, 2.45) is 0 Å². The van der Waals surface area contributed by atoms with Gasteiger partial charge in [0.05, 0.1) is 0 Å². The van der Waals surface area contributed by atoms with Crippen LogP contribution in [0.1, 0.15) is 17.9 Å². The maximum Gasteiger partial charge on any atom is 0.223 e. The molecule has 3 aromatic carbocycles. The summed E-state index contributed by atoms with van der Waals surface area (Å²) >= 11 is 3.43. The number of benzene rings is 3. The summed E-state index contributed by atoms with van der Waals surface area (Å²) < 4.78 is 7.16. The lowest BCUT2D eigenvalue weighted by Gasteiger charge is -2.17. The van der Waals surface area contributed by atoms with Crippen LogP contribution in [0, 0.1) is 0 Å². The topological polar surface area (TPSA) is 46.3 Å². The van der Waals surface area contributed by atoms with Crippen molar-refractivity contribution in [2.45, 2.75) is 19.4 Å². The van der Waals surface area contributed by atoms with E-state index in [1.54, 1.807) is 4.90 Å². The van der Waals surface area contributed by atoms with E-state index in [0.717, 1.165) is 32.6 Å². The maximum absolute atomic E-state index is 12.7. The monoisotopic (exact) mass is 474 g/mol. The Kier molecular flexibility index (Phi) is 6.63. The van der Waals surface area contributed by atoms with Crippen LogP contribution in [0.4, 0.5) is 0 Å². The molecule has 0 fully saturated rings. The second-order valence-corrected chi connectivity index (χ2v) is 8.31. The third-order valence-corrected chi connectivity index (χ3v) is 5.59. The molecule has 4 aromatic rings. The fourth-order valence-corrected chi connectivity index (χ4v) is 3.67.